The van der Waals surface area contributed by atoms with Crippen LogP contribution in [0.25, 0.3) is 0 Å². The monoisotopic (exact) mass is 298 g/mol. The van der Waals surface area contributed by atoms with Crippen molar-refractivity contribution in [3.8, 4) is 0 Å². The first-order valence-electron chi connectivity index (χ1n) is 7.61. The Morgan fingerprint density at radius 3 is 2.71 bits per heavy atom. The zero-order chi connectivity index (χ0) is 15.4. The number of aromatic nitrogens is 1. The number of halogens is 2. The van der Waals surface area contributed by atoms with E-state index in [1.165, 1.54) is 0 Å². The third kappa shape index (κ3) is 3.61. The topological polar surface area (TPSA) is 31.4 Å². The van der Waals surface area contributed by atoms with Crippen LogP contribution in [0.5, 0.6) is 0 Å². The largest absolute Gasteiger partial charge is 0.368 e. The fourth-order valence-corrected chi connectivity index (χ4v) is 2.63. The molecule has 0 aromatic carbocycles. The van der Waals surface area contributed by atoms with Gasteiger partial charge in [0.05, 0.1) is 0 Å². The van der Waals surface area contributed by atoms with Crippen molar-refractivity contribution < 1.29 is 8.78 Å². The highest BCUT2D eigenvalue weighted by molar-refractivity contribution is 5.49. The van der Waals surface area contributed by atoms with E-state index in [1.807, 2.05) is 11.8 Å². The van der Waals surface area contributed by atoms with Crippen molar-refractivity contribution in [3.63, 3.8) is 0 Å². The average molecular weight is 298 g/mol. The lowest BCUT2D eigenvalue weighted by Gasteiger charge is -2.39. The third-order valence-corrected chi connectivity index (χ3v) is 4.00. The predicted molar refractivity (Wildman–Crippen MR) is 81.9 cm³/mol. The number of likely N-dealkylation sites (N-methyl/N-ethyl adjacent to an activating group) is 1. The summed E-state index contributed by atoms with van der Waals surface area (Å²) in [4.78, 5) is 8.36. The summed E-state index contributed by atoms with van der Waals surface area (Å²) in [6, 6.07) is 1.30. The molecule has 1 aliphatic rings. The van der Waals surface area contributed by atoms with Gasteiger partial charge < -0.3 is 10.2 Å². The maximum Gasteiger partial charge on any atom is 0.168 e. The number of rotatable bonds is 5. The smallest absolute Gasteiger partial charge is 0.168 e. The SMILES string of the molecule is CCCNc1nc(N2CCN(C)C(CC)C2)c(F)cc1F. The van der Waals surface area contributed by atoms with E-state index in [1.54, 1.807) is 0 Å². The fourth-order valence-electron chi connectivity index (χ4n) is 2.63. The Labute approximate surface area is 125 Å². The molecule has 2 heterocycles. The molecule has 1 aromatic heterocycles. The van der Waals surface area contributed by atoms with E-state index >= 15 is 0 Å². The fraction of sp³-hybridized carbons (Fsp3) is 0.667. The molecule has 21 heavy (non-hydrogen) atoms. The Bertz CT molecular complexity index is 481. The van der Waals surface area contributed by atoms with Gasteiger partial charge in [-0.05, 0) is 19.9 Å². The lowest BCUT2D eigenvalue weighted by molar-refractivity contribution is 0.212. The summed E-state index contributed by atoms with van der Waals surface area (Å²) >= 11 is 0. The van der Waals surface area contributed by atoms with E-state index in [2.05, 4.69) is 29.2 Å². The van der Waals surface area contributed by atoms with Gasteiger partial charge >= 0.3 is 0 Å². The minimum absolute atomic E-state index is 0.139. The molecule has 0 aliphatic carbocycles. The predicted octanol–water partition coefficient (Wildman–Crippen LogP) is 2.71. The van der Waals surface area contributed by atoms with Crippen LogP contribution >= 0.6 is 0 Å². The van der Waals surface area contributed by atoms with Crippen LogP contribution in [0.1, 0.15) is 26.7 Å². The van der Waals surface area contributed by atoms with Crippen LogP contribution in [0.15, 0.2) is 6.07 Å². The molecule has 0 amide bonds. The molecule has 1 aromatic rings. The zero-order valence-electron chi connectivity index (χ0n) is 13.0. The molecule has 1 unspecified atom stereocenters. The van der Waals surface area contributed by atoms with Gasteiger partial charge in [-0.15, -0.1) is 0 Å². The van der Waals surface area contributed by atoms with E-state index in [0.29, 0.717) is 19.1 Å². The van der Waals surface area contributed by atoms with E-state index in [9.17, 15) is 8.78 Å². The van der Waals surface area contributed by atoms with Crippen LogP contribution in [-0.4, -0.2) is 49.2 Å². The van der Waals surface area contributed by atoms with Crippen molar-refractivity contribution in [1.29, 1.82) is 0 Å². The van der Waals surface area contributed by atoms with Crippen LogP contribution in [0.4, 0.5) is 20.4 Å². The molecule has 4 nitrogen and oxygen atoms in total. The first-order chi connectivity index (χ1) is 10.1. The highest BCUT2D eigenvalue weighted by atomic mass is 19.1. The van der Waals surface area contributed by atoms with Gasteiger partial charge in [-0.2, -0.15) is 0 Å². The van der Waals surface area contributed by atoms with E-state index in [4.69, 9.17) is 0 Å². The molecule has 0 spiro atoms. The first kappa shape index (κ1) is 15.9. The van der Waals surface area contributed by atoms with Crippen molar-refractivity contribution >= 4 is 11.6 Å². The Morgan fingerprint density at radius 1 is 1.29 bits per heavy atom. The number of piperazine rings is 1. The molecular weight excluding hydrogens is 274 g/mol. The van der Waals surface area contributed by atoms with Crippen LogP contribution < -0.4 is 10.2 Å². The van der Waals surface area contributed by atoms with Crippen LogP contribution in [0.2, 0.25) is 0 Å². The molecule has 1 aliphatic heterocycles. The quantitative estimate of drug-likeness (QED) is 0.905. The van der Waals surface area contributed by atoms with Crippen LogP contribution in [0.3, 0.4) is 0 Å². The minimum Gasteiger partial charge on any atom is -0.368 e. The number of hydrogen-bond acceptors (Lipinski definition) is 4. The molecule has 1 saturated heterocycles. The Balaban J connectivity index is 2.22. The molecule has 2 rings (SSSR count). The molecule has 0 saturated carbocycles. The molecule has 6 heteroatoms. The lowest BCUT2D eigenvalue weighted by atomic mass is 10.1. The van der Waals surface area contributed by atoms with Gasteiger partial charge in [-0.1, -0.05) is 13.8 Å². The zero-order valence-corrected chi connectivity index (χ0v) is 13.0. The summed E-state index contributed by atoms with van der Waals surface area (Å²) in [5, 5.41) is 2.91. The van der Waals surface area contributed by atoms with Gasteiger partial charge in [0.2, 0.25) is 0 Å². The normalized spacial score (nSPS) is 19.9. The van der Waals surface area contributed by atoms with Gasteiger partial charge in [-0.3, -0.25) is 4.90 Å². The highest BCUT2D eigenvalue weighted by Crippen LogP contribution is 2.25. The van der Waals surface area contributed by atoms with Gasteiger partial charge in [0.1, 0.15) is 0 Å². The lowest BCUT2D eigenvalue weighted by Crippen LogP contribution is -2.51. The summed E-state index contributed by atoms with van der Waals surface area (Å²) in [5.74, 6) is -0.832. The van der Waals surface area contributed by atoms with Gasteiger partial charge in [-0.25, -0.2) is 13.8 Å². The Hall–Kier alpha value is -1.43. The third-order valence-electron chi connectivity index (χ3n) is 4.00. The molecule has 118 valence electrons. The Morgan fingerprint density at radius 2 is 2.05 bits per heavy atom. The standard InChI is InChI=1S/C15H24F2N4/c1-4-6-18-14-12(16)9-13(17)15(19-14)21-8-7-20(3)11(5-2)10-21/h9,11H,4-8,10H2,1-3H3,(H,18,19). The summed E-state index contributed by atoms with van der Waals surface area (Å²) in [6.45, 7) is 7.00. The summed E-state index contributed by atoms with van der Waals surface area (Å²) in [7, 11) is 2.08. The molecule has 0 bridgehead atoms. The number of nitrogens with zero attached hydrogens (tertiary/aromatic N) is 3. The highest BCUT2D eigenvalue weighted by Gasteiger charge is 2.26. The minimum atomic E-state index is -0.633. The van der Waals surface area contributed by atoms with Crippen LogP contribution in [-0.2, 0) is 0 Å². The second-order valence-corrected chi connectivity index (χ2v) is 5.54. The molecule has 1 atom stereocenters. The number of pyridine rings is 1. The maximum absolute atomic E-state index is 14.1. The molecule has 1 N–H and O–H groups in total. The van der Waals surface area contributed by atoms with E-state index in [0.717, 1.165) is 32.0 Å². The molecule has 1 fully saturated rings. The summed E-state index contributed by atoms with van der Waals surface area (Å²) < 4.78 is 27.8. The summed E-state index contributed by atoms with van der Waals surface area (Å²) in [6.07, 6.45) is 1.86. The summed E-state index contributed by atoms with van der Waals surface area (Å²) in [5.41, 5.74) is 0. The maximum atomic E-state index is 14.1. The molecular formula is C15H24F2N4. The van der Waals surface area contributed by atoms with Crippen LogP contribution in [0, 0.1) is 11.6 Å². The number of hydrogen-bond donors (Lipinski definition) is 1. The van der Waals surface area contributed by atoms with Crippen molar-refractivity contribution in [2.24, 2.45) is 0 Å². The van der Waals surface area contributed by atoms with Gasteiger partial charge in [0.15, 0.2) is 23.3 Å². The van der Waals surface area contributed by atoms with E-state index < -0.39 is 11.6 Å². The van der Waals surface area contributed by atoms with E-state index in [-0.39, 0.29) is 11.6 Å². The second kappa shape index (κ2) is 7.02. The first-order valence-corrected chi connectivity index (χ1v) is 7.61. The number of nitrogens with one attached hydrogen (secondary N) is 1. The second-order valence-electron chi connectivity index (χ2n) is 5.54. The molecule has 0 radical (unpaired) electrons. The van der Waals surface area contributed by atoms with Crippen molar-refractivity contribution in [3.05, 3.63) is 17.7 Å². The number of anilines is 2. The Kier molecular flexibility index (Phi) is 5.33. The van der Waals surface area contributed by atoms with Gasteiger partial charge in [0, 0.05) is 38.3 Å². The van der Waals surface area contributed by atoms with Gasteiger partial charge in [0.25, 0.3) is 0 Å². The average Bonchev–Trinajstić information content (AvgIpc) is 2.47. The van der Waals surface area contributed by atoms with Crippen molar-refractivity contribution in [2.75, 3.05) is 43.4 Å². The van der Waals surface area contributed by atoms with Crippen molar-refractivity contribution in [2.45, 2.75) is 32.7 Å². The van der Waals surface area contributed by atoms with Crippen molar-refractivity contribution in [1.82, 2.24) is 9.88 Å².